The van der Waals surface area contributed by atoms with E-state index in [4.69, 9.17) is 9.84 Å². The fourth-order valence-electron chi connectivity index (χ4n) is 4.01. The number of hydrogen-bond acceptors (Lipinski definition) is 4. The van der Waals surface area contributed by atoms with Gasteiger partial charge in [-0.2, -0.15) is 5.10 Å². The molecular weight excluding hydrogens is 332 g/mol. The first kappa shape index (κ1) is 18.9. The molecule has 144 valence electrons. The van der Waals surface area contributed by atoms with E-state index in [1.54, 1.807) is 7.05 Å². The minimum absolute atomic E-state index is 0.0207. The number of allylic oxidation sites excluding steroid dienone is 1. The number of nitrogens with one attached hydrogen (secondary N) is 2. The van der Waals surface area contributed by atoms with Crippen molar-refractivity contribution in [3.63, 3.8) is 0 Å². The van der Waals surface area contributed by atoms with Crippen LogP contribution >= 0.6 is 0 Å². The van der Waals surface area contributed by atoms with Crippen LogP contribution in [0.25, 0.3) is 5.57 Å². The van der Waals surface area contributed by atoms with Gasteiger partial charge in [-0.1, -0.05) is 19.9 Å². The van der Waals surface area contributed by atoms with Gasteiger partial charge in [-0.05, 0) is 36.7 Å². The normalized spacial score (nSPS) is 24.7. The first-order chi connectivity index (χ1) is 12.3. The van der Waals surface area contributed by atoms with Gasteiger partial charge in [0.25, 0.3) is 0 Å². The molecule has 7 heteroatoms. The third kappa shape index (κ3) is 4.27. The Balaban J connectivity index is 1.56. The van der Waals surface area contributed by atoms with E-state index in [9.17, 15) is 4.79 Å². The second-order valence-electron chi connectivity index (χ2n) is 8.40. The van der Waals surface area contributed by atoms with Gasteiger partial charge in [0, 0.05) is 32.2 Å². The Bertz CT molecular complexity index is 682. The van der Waals surface area contributed by atoms with Crippen molar-refractivity contribution in [2.24, 2.45) is 5.41 Å². The Morgan fingerprint density at radius 2 is 2.31 bits per heavy atom. The average molecular weight is 362 g/mol. The standard InChI is InChI=1S/C19H30N4O3/c1-18(2)12-19(26-13-18)6-4-14(5-7-19)16-15(11-21-22-16)10-20-8-9-23(3)17(24)25/h4,11,20H,5-10,12-13H2,1-3H3,(H,21,22)(H,24,25). The lowest BCUT2D eigenvalue weighted by atomic mass is 9.76. The summed E-state index contributed by atoms with van der Waals surface area (Å²) < 4.78 is 6.18. The number of carbonyl (C=O) groups is 1. The number of ether oxygens (including phenoxy) is 1. The molecule has 1 saturated heterocycles. The molecule has 1 aromatic rings. The van der Waals surface area contributed by atoms with Crippen LogP contribution in [-0.2, 0) is 11.3 Å². The zero-order chi connectivity index (χ0) is 18.8. The zero-order valence-electron chi connectivity index (χ0n) is 16.0. The molecule has 26 heavy (non-hydrogen) atoms. The lowest BCUT2D eigenvalue weighted by Crippen LogP contribution is -2.32. The predicted octanol–water partition coefficient (Wildman–Crippen LogP) is 2.86. The number of nitrogens with zero attached hydrogens (tertiary/aromatic N) is 2. The van der Waals surface area contributed by atoms with Crippen molar-refractivity contribution in [2.45, 2.75) is 51.7 Å². The van der Waals surface area contributed by atoms with Gasteiger partial charge in [0.05, 0.1) is 24.1 Å². The summed E-state index contributed by atoms with van der Waals surface area (Å²) in [7, 11) is 1.57. The number of hydrogen-bond donors (Lipinski definition) is 3. The van der Waals surface area contributed by atoms with E-state index in [1.165, 1.54) is 10.5 Å². The topological polar surface area (TPSA) is 90.5 Å². The first-order valence-electron chi connectivity index (χ1n) is 9.31. The van der Waals surface area contributed by atoms with Gasteiger partial charge >= 0.3 is 6.09 Å². The van der Waals surface area contributed by atoms with Crippen molar-refractivity contribution in [3.05, 3.63) is 23.5 Å². The summed E-state index contributed by atoms with van der Waals surface area (Å²) in [6.45, 7) is 7.15. The first-order valence-corrected chi connectivity index (χ1v) is 9.31. The molecule has 2 heterocycles. The summed E-state index contributed by atoms with van der Waals surface area (Å²) in [5, 5.41) is 19.5. The van der Waals surface area contributed by atoms with Crippen LogP contribution in [-0.4, -0.2) is 58.6 Å². The van der Waals surface area contributed by atoms with E-state index in [2.05, 4.69) is 35.4 Å². The average Bonchev–Trinajstić information content (AvgIpc) is 3.16. The maximum atomic E-state index is 10.8. The lowest BCUT2D eigenvalue weighted by molar-refractivity contribution is -0.00367. The van der Waals surface area contributed by atoms with E-state index >= 15 is 0 Å². The number of rotatable bonds is 6. The molecule has 0 aromatic carbocycles. The number of carboxylic acid groups (broad SMARTS) is 1. The van der Waals surface area contributed by atoms with Crippen molar-refractivity contribution >= 4 is 11.7 Å². The van der Waals surface area contributed by atoms with E-state index < -0.39 is 6.09 Å². The Morgan fingerprint density at radius 1 is 1.50 bits per heavy atom. The number of amides is 1. The number of aromatic amines is 1. The monoisotopic (exact) mass is 362 g/mol. The molecule has 1 aromatic heterocycles. The van der Waals surface area contributed by atoms with Crippen molar-refractivity contribution < 1.29 is 14.6 Å². The van der Waals surface area contributed by atoms with Gasteiger partial charge in [0.1, 0.15) is 0 Å². The molecule has 3 N–H and O–H groups in total. The molecule has 3 rings (SSSR count). The van der Waals surface area contributed by atoms with Crippen LogP contribution in [0.15, 0.2) is 12.3 Å². The predicted molar refractivity (Wildman–Crippen MR) is 99.9 cm³/mol. The molecule has 7 nitrogen and oxygen atoms in total. The molecule has 1 amide bonds. The van der Waals surface area contributed by atoms with Crippen molar-refractivity contribution in [2.75, 3.05) is 26.7 Å². The molecule has 0 saturated carbocycles. The van der Waals surface area contributed by atoms with Crippen LogP contribution in [0.3, 0.4) is 0 Å². The largest absolute Gasteiger partial charge is 0.465 e. The Labute approximate surface area is 154 Å². The molecule has 1 atom stereocenters. The molecule has 1 aliphatic heterocycles. The van der Waals surface area contributed by atoms with Crippen LogP contribution in [0.1, 0.15) is 50.8 Å². The maximum Gasteiger partial charge on any atom is 0.407 e. The van der Waals surface area contributed by atoms with Crippen molar-refractivity contribution in [1.29, 1.82) is 0 Å². The molecular formula is C19H30N4O3. The minimum atomic E-state index is -0.908. The summed E-state index contributed by atoms with van der Waals surface area (Å²) in [6, 6.07) is 0. The third-order valence-corrected chi connectivity index (χ3v) is 5.45. The number of likely N-dealkylation sites (N-methyl/N-ethyl adjacent to an activating group) is 1. The molecule has 1 unspecified atom stereocenters. The van der Waals surface area contributed by atoms with E-state index in [0.717, 1.165) is 43.5 Å². The van der Waals surface area contributed by atoms with E-state index in [1.807, 2.05) is 6.20 Å². The highest BCUT2D eigenvalue weighted by Gasteiger charge is 2.44. The zero-order valence-corrected chi connectivity index (χ0v) is 16.0. The highest BCUT2D eigenvalue weighted by Crippen LogP contribution is 2.47. The van der Waals surface area contributed by atoms with Crippen LogP contribution < -0.4 is 5.32 Å². The van der Waals surface area contributed by atoms with Gasteiger partial charge < -0.3 is 20.1 Å². The maximum absolute atomic E-state index is 10.8. The van der Waals surface area contributed by atoms with Crippen LogP contribution in [0.5, 0.6) is 0 Å². The summed E-state index contributed by atoms with van der Waals surface area (Å²) in [5.74, 6) is 0. The van der Waals surface area contributed by atoms with Crippen LogP contribution in [0.2, 0.25) is 0 Å². The Kier molecular flexibility index (Phi) is 5.39. The SMILES string of the molecule is CN(CCNCc1cn[nH]c1C1=CCC2(CC1)CC(C)(C)CO2)C(=O)O. The van der Waals surface area contributed by atoms with Crippen molar-refractivity contribution in [3.8, 4) is 0 Å². The van der Waals surface area contributed by atoms with Crippen LogP contribution in [0.4, 0.5) is 4.79 Å². The molecule has 0 bridgehead atoms. The van der Waals surface area contributed by atoms with Gasteiger partial charge in [-0.3, -0.25) is 5.10 Å². The van der Waals surface area contributed by atoms with Gasteiger partial charge in [-0.25, -0.2) is 4.79 Å². The van der Waals surface area contributed by atoms with Gasteiger partial charge in [0.2, 0.25) is 0 Å². The highest BCUT2D eigenvalue weighted by atomic mass is 16.5. The molecule has 1 spiro atoms. The Hall–Kier alpha value is -1.86. The van der Waals surface area contributed by atoms with E-state index in [-0.39, 0.29) is 11.0 Å². The van der Waals surface area contributed by atoms with Crippen molar-refractivity contribution in [1.82, 2.24) is 20.4 Å². The summed E-state index contributed by atoms with van der Waals surface area (Å²) in [4.78, 5) is 12.1. The molecule has 1 aliphatic carbocycles. The number of aromatic nitrogens is 2. The molecule has 2 aliphatic rings. The summed E-state index contributed by atoms with van der Waals surface area (Å²) in [6.07, 6.45) is 7.38. The molecule has 1 fully saturated rings. The lowest BCUT2D eigenvalue weighted by Gasteiger charge is -2.32. The quantitative estimate of drug-likeness (QED) is 0.677. The summed E-state index contributed by atoms with van der Waals surface area (Å²) >= 11 is 0. The third-order valence-electron chi connectivity index (χ3n) is 5.45. The highest BCUT2D eigenvalue weighted by molar-refractivity contribution is 5.66. The number of H-pyrrole nitrogens is 1. The van der Waals surface area contributed by atoms with Gasteiger partial charge in [-0.15, -0.1) is 0 Å². The second-order valence-corrected chi connectivity index (χ2v) is 8.40. The minimum Gasteiger partial charge on any atom is -0.465 e. The molecule has 0 radical (unpaired) electrons. The fraction of sp³-hybridized carbons (Fsp3) is 0.684. The Morgan fingerprint density at radius 3 is 2.92 bits per heavy atom. The summed E-state index contributed by atoms with van der Waals surface area (Å²) in [5.41, 5.74) is 3.82. The van der Waals surface area contributed by atoms with Gasteiger partial charge in [0.15, 0.2) is 0 Å². The van der Waals surface area contributed by atoms with E-state index in [0.29, 0.717) is 19.6 Å². The second kappa shape index (κ2) is 7.40. The smallest absolute Gasteiger partial charge is 0.407 e. The van der Waals surface area contributed by atoms with Crippen LogP contribution in [0, 0.1) is 5.41 Å². The fourth-order valence-corrected chi connectivity index (χ4v) is 4.01.